The zero-order valence-corrected chi connectivity index (χ0v) is 16.9. The maximum atomic E-state index is 13.3. The van der Waals surface area contributed by atoms with Gasteiger partial charge in [-0.3, -0.25) is 9.59 Å². The fourth-order valence-electron chi connectivity index (χ4n) is 5.07. The van der Waals surface area contributed by atoms with Crippen LogP contribution in [0.3, 0.4) is 0 Å². The number of hydrogen-bond acceptors (Lipinski definition) is 3. The number of hydrogen-bond donors (Lipinski definition) is 0. The first-order valence-corrected chi connectivity index (χ1v) is 10.2. The molecule has 5 nitrogen and oxygen atoms in total. The summed E-state index contributed by atoms with van der Waals surface area (Å²) in [5, 5.41) is 0. The smallest absolute Gasteiger partial charge is 0.227 e. The van der Waals surface area contributed by atoms with Gasteiger partial charge >= 0.3 is 0 Å². The maximum absolute atomic E-state index is 13.3. The number of nitrogens with zero attached hydrogens (tertiary/aromatic N) is 2. The molecular weight excluding hydrogens is 340 g/mol. The van der Waals surface area contributed by atoms with Crippen molar-refractivity contribution in [3.05, 3.63) is 29.8 Å². The van der Waals surface area contributed by atoms with Gasteiger partial charge in [0, 0.05) is 25.6 Å². The minimum atomic E-state index is -0.0677. The summed E-state index contributed by atoms with van der Waals surface area (Å²) >= 11 is 0. The molecule has 0 radical (unpaired) electrons. The lowest BCUT2D eigenvalue weighted by Gasteiger charge is -2.41. The van der Waals surface area contributed by atoms with Crippen LogP contribution in [-0.2, 0) is 16.0 Å². The number of likely N-dealkylation sites (N-methyl/N-ethyl adjacent to an activating group) is 1. The van der Waals surface area contributed by atoms with Crippen LogP contribution in [0.4, 0.5) is 0 Å². The summed E-state index contributed by atoms with van der Waals surface area (Å²) in [5.74, 6) is 1.06. The highest BCUT2D eigenvalue weighted by atomic mass is 16.5. The number of carbonyl (C=O) groups is 2. The van der Waals surface area contributed by atoms with E-state index in [9.17, 15) is 9.59 Å². The van der Waals surface area contributed by atoms with Crippen molar-refractivity contribution in [2.75, 3.05) is 20.2 Å². The van der Waals surface area contributed by atoms with Gasteiger partial charge in [-0.2, -0.15) is 0 Å². The molecule has 2 aliphatic rings. The number of ether oxygens (including phenoxy) is 1. The number of benzene rings is 1. The van der Waals surface area contributed by atoms with E-state index in [2.05, 4.69) is 4.90 Å². The second kappa shape index (κ2) is 8.32. The number of rotatable bonds is 5. The second-order valence-electron chi connectivity index (χ2n) is 7.98. The summed E-state index contributed by atoms with van der Waals surface area (Å²) in [7, 11) is 1.64. The highest BCUT2D eigenvalue weighted by Crippen LogP contribution is 2.43. The minimum absolute atomic E-state index is 0.0677. The van der Waals surface area contributed by atoms with Gasteiger partial charge in [0.1, 0.15) is 5.75 Å². The van der Waals surface area contributed by atoms with E-state index in [0.29, 0.717) is 19.5 Å². The average Bonchev–Trinajstić information content (AvgIpc) is 3.01. The molecule has 2 amide bonds. The number of likely N-dealkylation sites (tertiary alicyclic amines) is 1. The zero-order chi connectivity index (χ0) is 19.4. The molecule has 1 aromatic rings. The van der Waals surface area contributed by atoms with E-state index in [4.69, 9.17) is 4.74 Å². The van der Waals surface area contributed by atoms with Gasteiger partial charge in [0.2, 0.25) is 11.8 Å². The first-order chi connectivity index (χ1) is 13.0. The third-order valence-electron chi connectivity index (χ3n) is 6.34. The van der Waals surface area contributed by atoms with Gasteiger partial charge in [0.05, 0.1) is 19.6 Å². The Morgan fingerprint density at radius 3 is 2.63 bits per heavy atom. The summed E-state index contributed by atoms with van der Waals surface area (Å²) in [4.78, 5) is 29.4. The lowest BCUT2D eigenvalue weighted by atomic mass is 9.79. The van der Waals surface area contributed by atoms with Crippen LogP contribution in [0.1, 0.15) is 57.9 Å². The third-order valence-corrected chi connectivity index (χ3v) is 6.34. The molecule has 1 saturated heterocycles. The Labute approximate surface area is 162 Å². The summed E-state index contributed by atoms with van der Waals surface area (Å²) in [6.07, 6.45) is 7.01. The molecule has 0 aromatic heterocycles. The zero-order valence-electron chi connectivity index (χ0n) is 16.9. The standard InChI is InChI=1S/C22H32N2O3/c1-4-23(17(2)25)19-15-22(11-6-5-7-12-22)24(16-19)21(26)14-18-9-8-10-20(13-18)27-3/h8-10,13,19H,4-7,11-12,14-16H2,1-3H3/t19-/m1/s1. The quantitative estimate of drug-likeness (QED) is 0.796. The van der Waals surface area contributed by atoms with E-state index in [1.54, 1.807) is 14.0 Å². The van der Waals surface area contributed by atoms with E-state index in [-0.39, 0.29) is 23.4 Å². The van der Waals surface area contributed by atoms with Crippen molar-refractivity contribution in [3.63, 3.8) is 0 Å². The Morgan fingerprint density at radius 1 is 1.26 bits per heavy atom. The normalized spacial score (nSPS) is 21.3. The molecule has 1 saturated carbocycles. The van der Waals surface area contributed by atoms with Crippen LogP contribution in [0.25, 0.3) is 0 Å². The van der Waals surface area contributed by atoms with Crippen molar-refractivity contribution in [3.8, 4) is 5.75 Å². The summed E-state index contributed by atoms with van der Waals surface area (Å²) in [5.41, 5.74) is 0.912. The van der Waals surface area contributed by atoms with Crippen molar-refractivity contribution in [1.82, 2.24) is 9.80 Å². The van der Waals surface area contributed by atoms with Crippen molar-refractivity contribution < 1.29 is 14.3 Å². The van der Waals surface area contributed by atoms with Crippen LogP contribution in [0.15, 0.2) is 24.3 Å². The monoisotopic (exact) mass is 372 g/mol. The van der Waals surface area contributed by atoms with Gasteiger partial charge < -0.3 is 14.5 Å². The molecule has 0 bridgehead atoms. The molecule has 148 valence electrons. The molecule has 1 aliphatic heterocycles. The number of amides is 2. The molecule has 1 spiro atoms. The van der Waals surface area contributed by atoms with E-state index in [0.717, 1.165) is 30.6 Å². The highest BCUT2D eigenvalue weighted by molar-refractivity contribution is 5.80. The van der Waals surface area contributed by atoms with Crippen molar-refractivity contribution in [2.45, 2.75) is 70.4 Å². The van der Waals surface area contributed by atoms with Gasteiger partial charge in [-0.25, -0.2) is 0 Å². The van der Waals surface area contributed by atoms with Crippen LogP contribution in [0.5, 0.6) is 5.75 Å². The Hall–Kier alpha value is -2.04. The van der Waals surface area contributed by atoms with Gasteiger partial charge in [0.25, 0.3) is 0 Å². The van der Waals surface area contributed by atoms with Gasteiger partial charge in [-0.05, 0) is 43.9 Å². The van der Waals surface area contributed by atoms with Crippen molar-refractivity contribution in [2.24, 2.45) is 0 Å². The molecule has 0 unspecified atom stereocenters. The summed E-state index contributed by atoms with van der Waals surface area (Å²) in [6, 6.07) is 7.88. The van der Waals surface area contributed by atoms with Crippen LogP contribution < -0.4 is 4.74 Å². The lowest BCUT2D eigenvalue weighted by molar-refractivity contribution is -0.136. The van der Waals surface area contributed by atoms with Gasteiger partial charge in [-0.1, -0.05) is 31.4 Å². The Kier molecular flexibility index (Phi) is 6.08. The van der Waals surface area contributed by atoms with Crippen molar-refractivity contribution >= 4 is 11.8 Å². The first kappa shape index (κ1) is 19.7. The second-order valence-corrected chi connectivity index (χ2v) is 7.98. The maximum Gasteiger partial charge on any atom is 0.227 e. The van der Waals surface area contributed by atoms with Crippen LogP contribution in [-0.4, -0.2) is 53.4 Å². The van der Waals surface area contributed by atoms with Gasteiger partial charge in [-0.15, -0.1) is 0 Å². The van der Waals surface area contributed by atoms with Gasteiger partial charge in [0.15, 0.2) is 0 Å². The minimum Gasteiger partial charge on any atom is -0.497 e. The first-order valence-electron chi connectivity index (χ1n) is 10.2. The molecule has 5 heteroatoms. The molecule has 2 fully saturated rings. The Bertz CT molecular complexity index is 682. The molecule has 1 heterocycles. The highest BCUT2D eigenvalue weighted by Gasteiger charge is 2.49. The van der Waals surface area contributed by atoms with E-state index in [1.165, 1.54) is 19.3 Å². The fraction of sp³-hybridized carbons (Fsp3) is 0.636. The van der Waals surface area contributed by atoms with Crippen molar-refractivity contribution in [1.29, 1.82) is 0 Å². The Balaban J connectivity index is 1.81. The largest absolute Gasteiger partial charge is 0.497 e. The number of methoxy groups -OCH3 is 1. The molecule has 27 heavy (non-hydrogen) atoms. The van der Waals surface area contributed by atoms with E-state index >= 15 is 0 Å². The molecule has 0 N–H and O–H groups in total. The lowest BCUT2D eigenvalue weighted by Crippen LogP contribution is -2.49. The topological polar surface area (TPSA) is 49.9 Å². The number of carbonyl (C=O) groups excluding carboxylic acids is 2. The van der Waals surface area contributed by atoms with Crippen LogP contribution in [0, 0.1) is 0 Å². The average molecular weight is 373 g/mol. The van der Waals surface area contributed by atoms with E-state index < -0.39 is 0 Å². The van der Waals surface area contributed by atoms with Crippen LogP contribution >= 0.6 is 0 Å². The van der Waals surface area contributed by atoms with Crippen LogP contribution in [0.2, 0.25) is 0 Å². The molecule has 1 aliphatic carbocycles. The predicted molar refractivity (Wildman–Crippen MR) is 106 cm³/mol. The molecular formula is C22H32N2O3. The summed E-state index contributed by atoms with van der Waals surface area (Å²) < 4.78 is 5.29. The Morgan fingerprint density at radius 2 is 2.00 bits per heavy atom. The molecule has 1 atom stereocenters. The fourth-order valence-corrected chi connectivity index (χ4v) is 5.07. The molecule has 3 rings (SSSR count). The SMILES string of the molecule is CCN(C(C)=O)[C@H]1CN(C(=O)Cc2cccc(OC)c2)C2(CCCCC2)C1. The summed E-state index contributed by atoms with van der Waals surface area (Å²) in [6.45, 7) is 5.03. The third kappa shape index (κ3) is 4.12. The molecule has 1 aromatic carbocycles. The predicted octanol–water partition coefficient (Wildman–Crippen LogP) is 3.41. The van der Waals surface area contributed by atoms with E-state index in [1.807, 2.05) is 36.1 Å².